The van der Waals surface area contributed by atoms with Gasteiger partial charge in [-0.2, -0.15) is 23.0 Å². The number of amides is 1. The van der Waals surface area contributed by atoms with Gasteiger partial charge in [-0.05, 0) is 23.8 Å². The van der Waals surface area contributed by atoms with Crippen molar-refractivity contribution in [3.63, 3.8) is 0 Å². The average molecular weight is 531 g/mol. The second-order valence-corrected chi connectivity index (χ2v) is 7.82. The predicted molar refractivity (Wildman–Crippen MR) is 127 cm³/mol. The Morgan fingerprint density at radius 1 is 1.22 bits per heavy atom. The topological polar surface area (TPSA) is 144 Å². The molecule has 0 fully saturated rings. The first-order valence-electron chi connectivity index (χ1n) is 10.4. The molecule has 0 aliphatic rings. The fraction of sp³-hybridized carbons (Fsp3) is 0.130. The van der Waals surface area contributed by atoms with Crippen LogP contribution in [0.2, 0.25) is 5.02 Å². The number of primary amides is 1. The second kappa shape index (κ2) is 10.6. The lowest BCUT2D eigenvalue weighted by molar-refractivity contribution is -0.156. The number of halogens is 4. The Balaban J connectivity index is 1.74. The molecular formula is C23H16ClF3N7O3+. The van der Waals surface area contributed by atoms with Crippen LogP contribution in [-0.2, 0) is 6.18 Å². The van der Waals surface area contributed by atoms with E-state index in [2.05, 4.69) is 36.4 Å². The molecule has 1 amide bonds. The molecule has 2 heterocycles. The van der Waals surface area contributed by atoms with Gasteiger partial charge in [0.05, 0.1) is 23.4 Å². The molecule has 37 heavy (non-hydrogen) atoms. The van der Waals surface area contributed by atoms with Gasteiger partial charge in [-0.25, -0.2) is 0 Å². The minimum Gasteiger partial charge on any atom is -0.412 e. The molecule has 0 bridgehead atoms. The Hall–Kier alpha value is -4.54. The van der Waals surface area contributed by atoms with Crippen LogP contribution in [0.25, 0.3) is 16.3 Å². The summed E-state index contributed by atoms with van der Waals surface area (Å²) in [5.74, 6) is -3.63. The number of alkyl halides is 3. The molecule has 0 radical (unpaired) electrons. The van der Waals surface area contributed by atoms with Gasteiger partial charge in [-0.3, -0.25) is 4.79 Å². The standard InChI is InChI=1S/C23H15ClF3N7O3/c24-17-8-14(6-7-15(17)18(28)36)31-22-30-10-16(20-33-34-21(37-20)23(25,26)27)19(32-22)29-9-13(11-35)12-4-2-1-3-5-12/h1-8,10,13,35H,11H2,(H2-,28,30,31,32,33,36)/p+1. The smallest absolute Gasteiger partial charge is 0.412 e. The minimum atomic E-state index is -4.85. The van der Waals surface area contributed by atoms with Crippen LogP contribution in [0.15, 0.2) is 59.1 Å². The Kier molecular flexibility index (Phi) is 7.32. The quantitative estimate of drug-likeness (QED) is 0.323. The summed E-state index contributed by atoms with van der Waals surface area (Å²) in [6, 6.07) is 15.9. The molecule has 14 heteroatoms. The van der Waals surface area contributed by atoms with Crippen LogP contribution in [-0.4, -0.2) is 37.8 Å². The van der Waals surface area contributed by atoms with E-state index in [9.17, 15) is 23.1 Å². The van der Waals surface area contributed by atoms with E-state index in [0.29, 0.717) is 11.3 Å². The molecule has 0 saturated carbocycles. The zero-order valence-corrected chi connectivity index (χ0v) is 19.3. The van der Waals surface area contributed by atoms with Crippen molar-refractivity contribution < 1.29 is 27.5 Å². The number of aliphatic hydroxyl groups is 1. The van der Waals surface area contributed by atoms with Crippen molar-refractivity contribution in [2.75, 3.05) is 11.9 Å². The van der Waals surface area contributed by atoms with Crippen molar-refractivity contribution in [3.8, 4) is 17.5 Å². The molecule has 4 rings (SSSR count). The maximum absolute atomic E-state index is 13.0. The van der Waals surface area contributed by atoms with E-state index in [4.69, 9.17) is 21.8 Å². The summed E-state index contributed by atoms with van der Waals surface area (Å²) >= 11 is 6.07. The Labute approximate surface area is 211 Å². The normalized spacial score (nSPS) is 11.9. The molecule has 188 valence electrons. The third kappa shape index (κ3) is 6.00. The summed E-state index contributed by atoms with van der Waals surface area (Å²) in [4.78, 5) is 23.9. The predicted octanol–water partition coefficient (Wildman–Crippen LogP) is 4.78. The summed E-state index contributed by atoms with van der Waals surface area (Å²) in [5.41, 5.74) is 6.34. The average Bonchev–Trinajstić information content (AvgIpc) is 3.36. The van der Waals surface area contributed by atoms with Gasteiger partial charge in [0, 0.05) is 10.7 Å². The van der Waals surface area contributed by atoms with E-state index in [1.54, 1.807) is 30.3 Å². The molecule has 0 spiro atoms. The third-order valence-electron chi connectivity index (χ3n) is 4.87. The van der Waals surface area contributed by atoms with Crippen LogP contribution in [0.1, 0.15) is 27.7 Å². The number of nitrogens with two attached hydrogens (primary N) is 1. The van der Waals surface area contributed by atoms with E-state index < -0.39 is 29.8 Å². The largest absolute Gasteiger partial charge is 0.470 e. The number of nitrogens with one attached hydrogen (secondary N) is 1. The zero-order valence-electron chi connectivity index (χ0n) is 18.6. The highest BCUT2D eigenvalue weighted by molar-refractivity contribution is 6.34. The molecule has 0 saturated heterocycles. The summed E-state index contributed by atoms with van der Waals surface area (Å²) in [7, 11) is 0. The van der Waals surface area contributed by atoms with Crippen molar-refractivity contribution in [2.45, 2.75) is 12.1 Å². The number of rotatable bonds is 6. The van der Waals surface area contributed by atoms with Crippen molar-refractivity contribution in [1.82, 2.24) is 20.2 Å². The van der Waals surface area contributed by atoms with Gasteiger partial charge >= 0.3 is 23.8 Å². The van der Waals surface area contributed by atoms with E-state index in [-0.39, 0.29) is 34.5 Å². The van der Waals surface area contributed by atoms with Gasteiger partial charge in [0.1, 0.15) is 5.92 Å². The number of carbonyl (C=O) groups is 1. The Morgan fingerprint density at radius 2 is 1.97 bits per heavy atom. The second-order valence-electron chi connectivity index (χ2n) is 7.41. The Bertz CT molecular complexity index is 1500. The van der Waals surface area contributed by atoms with Crippen molar-refractivity contribution in [2.24, 2.45) is 5.73 Å². The summed E-state index contributed by atoms with van der Waals surface area (Å²) in [5, 5.41) is 19.2. The van der Waals surface area contributed by atoms with Gasteiger partial charge in [0.2, 0.25) is 5.91 Å². The lowest BCUT2D eigenvalue weighted by atomic mass is 10.0. The lowest BCUT2D eigenvalue weighted by Gasteiger charge is -2.05. The molecule has 2 aromatic carbocycles. The van der Waals surface area contributed by atoms with E-state index >= 15 is 0 Å². The maximum atomic E-state index is 13.0. The lowest BCUT2D eigenvalue weighted by Crippen LogP contribution is -2.11. The zero-order chi connectivity index (χ0) is 26.6. The van der Waals surface area contributed by atoms with Gasteiger partial charge in [0.15, 0.2) is 11.6 Å². The maximum Gasteiger partial charge on any atom is 0.470 e. The first kappa shape index (κ1) is 25.5. The highest BCUT2D eigenvalue weighted by Crippen LogP contribution is 2.34. The molecular weight excluding hydrogens is 515 g/mol. The highest BCUT2D eigenvalue weighted by atomic mass is 35.5. The van der Waals surface area contributed by atoms with E-state index in [1.807, 2.05) is 0 Å². The monoisotopic (exact) mass is 530 g/mol. The third-order valence-corrected chi connectivity index (χ3v) is 5.18. The molecule has 1 unspecified atom stereocenters. The molecule has 4 N–H and O–H groups in total. The number of aliphatic hydroxyl groups excluding tert-OH is 1. The summed E-state index contributed by atoms with van der Waals surface area (Å²) in [6.45, 7) is -0.345. The fourth-order valence-electron chi connectivity index (χ4n) is 3.08. The van der Waals surface area contributed by atoms with Gasteiger partial charge in [-0.15, -0.1) is 10.2 Å². The number of anilines is 2. The number of aromatic nitrogens is 4. The minimum absolute atomic E-state index is 0.0250. The van der Waals surface area contributed by atoms with Crippen LogP contribution < -0.4 is 11.1 Å². The highest BCUT2D eigenvalue weighted by Gasteiger charge is 2.39. The first-order valence-corrected chi connectivity index (χ1v) is 10.8. The van der Waals surface area contributed by atoms with Crippen LogP contribution in [0.5, 0.6) is 0 Å². The van der Waals surface area contributed by atoms with Gasteiger partial charge in [-0.1, -0.05) is 41.9 Å². The number of benzene rings is 2. The van der Waals surface area contributed by atoms with Crippen molar-refractivity contribution in [1.29, 1.82) is 0 Å². The summed E-state index contributed by atoms with van der Waals surface area (Å²) in [6.07, 6.45) is -3.71. The first-order chi connectivity index (χ1) is 17.7. The fourth-order valence-corrected chi connectivity index (χ4v) is 3.36. The summed E-state index contributed by atoms with van der Waals surface area (Å²) < 4.78 is 43.7. The number of carbonyl (C=O) groups excluding carboxylic acids is 1. The molecule has 0 aliphatic heterocycles. The van der Waals surface area contributed by atoms with E-state index in [0.717, 1.165) is 6.20 Å². The molecule has 1 atom stereocenters. The Morgan fingerprint density at radius 3 is 2.59 bits per heavy atom. The van der Waals surface area contributed by atoms with Crippen LogP contribution >= 0.6 is 11.6 Å². The molecule has 10 nitrogen and oxygen atoms in total. The number of hydrogen-bond donors (Lipinski definition) is 3. The molecule has 0 aliphatic carbocycles. The van der Waals surface area contributed by atoms with Crippen LogP contribution in [0, 0.1) is 6.07 Å². The SMILES string of the molecule is NC(=O)c1ccc(Nc2ncc(-c3nnc(C(F)(F)F)o3)c([N+]#CC(CO)c3ccccc3)n2)cc1Cl. The molecule has 4 aromatic rings. The number of hydrogen-bond acceptors (Lipinski definition) is 8. The van der Waals surface area contributed by atoms with E-state index in [1.165, 1.54) is 18.2 Å². The van der Waals surface area contributed by atoms with Gasteiger partial charge < -0.3 is 20.6 Å². The molecule has 2 aromatic heterocycles. The van der Waals surface area contributed by atoms with Gasteiger partial charge in [0.25, 0.3) is 5.89 Å². The van der Waals surface area contributed by atoms with Crippen molar-refractivity contribution in [3.05, 3.63) is 81.6 Å². The van der Waals surface area contributed by atoms with Crippen molar-refractivity contribution >= 4 is 35.0 Å². The van der Waals surface area contributed by atoms with Crippen LogP contribution in [0.4, 0.5) is 30.6 Å². The van der Waals surface area contributed by atoms with Crippen LogP contribution in [0.3, 0.4) is 0 Å². The number of nitrogens with zero attached hydrogens (tertiary/aromatic N) is 5.